The average molecular weight is 417 g/mol. The Morgan fingerprint density at radius 2 is 2.00 bits per heavy atom. The maximum atomic E-state index is 13.6. The van der Waals surface area contributed by atoms with Crippen LogP contribution in [-0.4, -0.2) is 41.9 Å². The van der Waals surface area contributed by atoms with E-state index in [4.69, 9.17) is 0 Å². The number of likely N-dealkylation sites (tertiary alicyclic amines) is 1. The van der Waals surface area contributed by atoms with Crippen LogP contribution in [0.15, 0.2) is 36.5 Å². The number of anilines is 1. The van der Waals surface area contributed by atoms with Crippen LogP contribution in [0.5, 0.6) is 5.75 Å². The molecule has 2 amide bonds. The van der Waals surface area contributed by atoms with Gasteiger partial charge in [-0.2, -0.15) is 8.78 Å². The van der Waals surface area contributed by atoms with Gasteiger partial charge in [0.2, 0.25) is 11.8 Å². The minimum Gasteiger partial charge on any atom is -0.432 e. The molecule has 1 aromatic carbocycles. The number of ether oxygens (including phenoxy) is 1. The zero-order chi connectivity index (χ0) is 22.1. The number of hydrogen-bond donors (Lipinski definition) is 1. The summed E-state index contributed by atoms with van der Waals surface area (Å²) in [5.74, 6) is -0.658. The summed E-state index contributed by atoms with van der Waals surface area (Å²) in [6, 6.07) is 8.85. The third kappa shape index (κ3) is 4.13. The summed E-state index contributed by atoms with van der Waals surface area (Å²) in [7, 11) is 1.65. The molecule has 8 heteroatoms. The molecule has 0 bridgehead atoms. The minimum absolute atomic E-state index is 0.0105. The van der Waals surface area contributed by atoms with Crippen LogP contribution in [0.25, 0.3) is 0 Å². The minimum atomic E-state index is -3.04. The molecule has 3 rings (SSSR count). The first-order valence-electron chi connectivity index (χ1n) is 9.70. The van der Waals surface area contributed by atoms with Crippen molar-refractivity contribution in [3.63, 3.8) is 0 Å². The highest BCUT2D eigenvalue weighted by molar-refractivity contribution is 6.05. The molecule has 2 heterocycles. The van der Waals surface area contributed by atoms with Gasteiger partial charge in [0.1, 0.15) is 11.1 Å². The number of nitrogens with zero attached hydrogens (tertiary/aromatic N) is 2. The summed E-state index contributed by atoms with van der Waals surface area (Å²) in [6.45, 7) is 2.81. The lowest BCUT2D eigenvalue weighted by Gasteiger charge is -2.31. The molecule has 1 aromatic heterocycles. The van der Waals surface area contributed by atoms with Crippen molar-refractivity contribution < 1.29 is 23.1 Å². The van der Waals surface area contributed by atoms with Crippen molar-refractivity contribution in [2.45, 2.75) is 45.1 Å². The average Bonchev–Trinajstić information content (AvgIpc) is 2.99. The summed E-state index contributed by atoms with van der Waals surface area (Å²) in [6.07, 6.45) is 1.27. The number of aromatic nitrogens is 1. The molecule has 0 aliphatic carbocycles. The Bertz CT molecular complexity index is 964. The lowest BCUT2D eigenvalue weighted by atomic mass is 9.74. The molecule has 0 radical (unpaired) electrons. The fraction of sp³-hybridized carbons (Fsp3) is 0.409. The Balaban J connectivity index is 2.06. The van der Waals surface area contributed by atoms with E-state index in [1.165, 1.54) is 17.2 Å². The first-order valence-corrected chi connectivity index (χ1v) is 9.70. The van der Waals surface area contributed by atoms with E-state index in [9.17, 15) is 18.4 Å². The number of carbonyl (C=O) groups excluding carboxylic acids is 2. The van der Waals surface area contributed by atoms with E-state index in [2.05, 4.69) is 15.0 Å². The van der Waals surface area contributed by atoms with Crippen molar-refractivity contribution >= 4 is 17.5 Å². The highest BCUT2D eigenvalue weighted by atomic mass is 19.3. The molecule has 1 aliphatic rings. The van der Waals surface area contributed by atoms with Crippen LogP contribution in [0.1, 0.15) is 43.0 Å². The Labute approximate surface area is 174 Å². The van der Waals surface area contributed by atoms with Crippen LogP contribution in [-0.2, 0) is 15.0 Å². The lowest BCUT2D eigenvalue weighted by Crippen LogP contribution is -2.43. The van der Waals surface area contributed by atoms with Gasteiger partial charge in [0.05, 0.1) is 6.20 Å². The SMILES string of the molecule is Cc1cc(OC(F)F)c(NC(=O)C2(c3ccccc3C(C)C)CC(=O)N(C)C2)cn1. The second-order valence-corrected chi connectivity index (χ2v) is 7.91. The molecular weight excluding hydrogens is 392 g/mol. The van der Waals surface area contributed by atoms with Gasteiger partial charge in [0, 0.05) is 31.8 Å². The smallest absolute Gasteiger partial charge is 0.387 e. The summed E-state index contributed by atoms with van der Waals surface area (Å²) < 4.78 is 30.3. The van der Waals surface area contributed by atoms with Crippen molar-refractivity contribution in [2.24, 2.45) is 0 Å². The summed E-state index contributed by atoms with van der Waals surface area (Å²) in [5, 5.41) is 2.69. The molecule has 1 saturated heterocycles. The number of amides is 2. The predicted octanol–water partition coefficient (Wildman–Crippen LogP) is 3.85. The molecule has 6 nitrogen and oxygen atoms in total. The first kappa shape index (κ1) is 21.7. The van der Waals surface area contributed by atoms with Crippen LogP contribution >= 0.6 is 0 Å². The number of carbonyl (C=O) groups is 2. The van der Waals surface area contributed by atoms with Crippen LogP contribution in [0.3, 0.4) is 0 Å². The maximum absolute atomic E-state index is 13.6. The van der Waals surface area contributed by atoms with Gasteiger partial charge in [-0.1, -0.05) is 38.1 Å². The Morgan fingerprint density at radius 1 is 1.30 bits per heavy atom. The number of benzene rings is 1. The zero-order valence-electron chi connectivity index (χ0n) is 17.4. The van der Waals surface area contributed by atoms with E-state index in [1.54, 1.807) is 14.0 Å². The first-order chi connectivity index (χ1) is 14.1. The molecule has 1 atom stereocenters. The van der Waals surface area contributed by atoms with Gasteiger partial charge in [-0.15, -0.1) is 0 Å². The van der Waals surface area contributed by atoms with Crippen molar-refractivity contribution in [1.29, 1.82) is 0 Å². The molecule has 160 valence electrons. The normalized spacial score (nSPS) is 18.9. The number of nitrogens with one attached hydrogen (secondary N) is 1. The molecule has 2 aromatic rings. The lowest BCUT2D eigenvalue weighted by molar-refractivity contribution is -0.127. The standard InChI is InChI=1S/C22H25F2N3O3/c1-13(2)15-7-5-6-8-16(15)22(10-19(28)27(4)12-22)20(29)26-17-11-25-14(3)9-18(17)30-21(23)24/h5-9,11,13,21H,10,12H2,1-4H3,(H,26,29). The van der Waals surface area contributed by atoms with Crippen molar-refractivity contribution in [3.8, 4) is 5.75 Å². The van der Waals surface area contributed by atoms with Crippen molar-refractivity contribution in [2.75, 3.05) is 18.9 Å². The molecule has 30 heavy (non-hydrogen) atoms. The molecule has 1 fully saturated rings. The summed E-state index contributed by atoms with van der Waals surface area (Å²) >= 11 is 0. The predicted molar refractivity (Wildman–Crippen MR) is 109 cm³/mol. The van der Waals surface area contributed by atoms with Gasteiger partial charge in [0.25, 0.3) is 0 Å². The number of hydrogen-bond acceptors (Lipinski definition) is 4. The van der Waals surface area contributed by atoms with E-state index in [-0.39, 0.29) is 36.2 Å². The summed E-state index contributed by atoms with van der Waals surface area (Å²) in [4.78, 5) is 31.6. The topological polar surface area (TPSA) is 71.5 Å². The highest BCUT2D eigenvalue weighted by Gasteiger charge is 2.50. The van der Waals surface area contributed by atoms with Crippen LogP contribution in [0.2, 0.25) is 0 Å². The number of aryl methyl sites for hydroxylation is 1. The van der Waals surface area contributed by atoms with Crippen LogP contribution in [0.4, 0.5) is 14.5 Å². The van der Waals surface area contributed by atoms with Gasteiger partial charge in [0.15, 0.2) is 5.75 Å². The van der Waals surface area contributed by atoms with Gasteiger partial charge >= 0.3 is 6.61 Å². The summed E-state index contributed by atoms with van der Waals surface area (Å²) in [5.41, 5.74) is 1.07. The van der Waals surface area contributed by atoms with Gasteiger partial charge in [-0.3, -0.25) is 14.6 Å². The fourth-order valence-electron chi connectivity index (χ4n) is 3.90. The van der Waals surface area contributed by atoms with Crippen molar-refractivity contribution in [3.05, 3.63) is 53.3 Å². The highest BCUT2D eigenvalue weighted by Crippen LogP contribution is 2.40. The monoisotopic (exact) mass is 417 g/mol. The number of rotatable bonds is 6. The maximum Gasteiger partial charge on any atom is 0.387 e. The van der Waals surface area contributed by atoms with Gasteiger partial charge in [-0.05, 0) is 24.0 Å². The molecular formula is C22H25F2N3O3. The zero-order valence-corrected chi connectivity index (χ0v) is 17.4. The molecule has 0 spiro atoms. The van der Waals surface area contributed by atoms with E-state index in [0.29, 0.717) is 5.69 Å². The van der Waals surface area contributed by atoms with Gasteiger partial charge < -0.3 is 15.0 Å². The number of pyridine rings is 1. The number of halogens is 2. The van der Waals surface area contributed by atoms with E-state index < -0.39 is 17.9 Å². The second kappa shape index (κ2) is 8.38. The molecule has 0 saturated carbocycles. The van der Waals surface area contributed by atoms with Crippen LogP contribution < -0.4 is 10.1 Å². The molecule has 1 unspecified atom stereocenters. The third-order valence-corrected chi connectivity index (χ3v) is 5.39. The Hall–Kier alpha value is -3.03. The second-order valence-electron chi connectivity index (χ2n) is 7.91. The molecule has 1 aliphatic heterocycles. The quantitative estimate of drug-likeness (QED) is 0.775. The largest absolute Gasteiger partial charge is 0.432 e. The Kier molecular flexibility index (Phi) is 6.05. The van der Waals surface area contributed by atoms with Gasteiger partial charge in [-0.25, -0.2) is 0 Å². The third-order valence-electron chi connectivity index (χ3n) is 5.39. The van der Waals surface area contributed by atoms with E-state index >= 15 is 0 Å². The fourth-order valence-corrected chi connectivity index (χ4v) is 3.90. The van der Waals surface area contributed by atoms with Crippen LogP contribution in [0, 0.1) is 6.92 Å². The van der Waals surface area contributed by atoms with E-state index in [1.807, 2.05) is 38.1 Å². The van der Waals surface area contributed by atoms with E-state index in [0.717, 1.165) is 11.1 Å². The Morgan fingerprint density at radius 3 is 2.60 bits per heavy atom. The molecule has 1 N–H and O–H groups in total. The number of alkyl halides is 2. The number of likely N-dealkylation sites (N-methyl/N-ethyl adjacent to an activating group) is 1. The van der Waals surface area contributed by atoms with Crippen molar-refractivity contribution in [1.82, 2.24) is 9.88 Å².